The molecule has 0 aromatic heterocycles. The first kappa shape index (κ1) is 38.0. The van der Waals surface area contributed by atoms with Crippen molar-refractivity contribution < 1.29 is 37.9 Å². The molecule has 0 aromatic rings. The maximum absolute atomic E-state index is 12.1. The summed E-state index contributed by atoms with van der Waals surface area (Å²) in [5.41, 5.74) is 0. The lowest BCUT2D eigenvalue weighted by molar-refractivity contribution is -0.161. The zero-order valence-corrected chi connectivity index (χ0v) is 25.9. The normalized spacial score (nSPS) is 12.4. The maximum Gasteiger partial charge on any atom is 0.469 e. The predicted octanol–water partition coefficient (Wildman–Crippen LogP) is 8.56. The minimum atomic E-state index is -4.71. The lowest BCUT2D eigenvalue weighted by Crippen LogP contribution is -2.29. The number of carbonyl (C=O) groups is 2. The Bertz CT molecular complexity index is 622. The van der Waals surface area contributed by atoms with Crippen LogP contribution in [0.25, 0.3) is 0 Å². The SMILES string of the molecule is CCCCCCCCCCCCCCCCCCCCCCCC(=O)OC(COC(=O)CC)COP(=O)(O)O. The molecule has 0 aliphatic heterocycles. The van der Waals surface area contributed by atoms with Gasteiger partial charge < -0.3 is 19.3 Å². The zero-order valence-electron chi connectivity index (χ0n) is 25.0. The molecule has 39 heavy (non-hydrogen) atoms. The van der Waals surface area contributed by atoms with Gasteiger partial charge in [-0.3, -0.25) is 14.1 Å². The van der Waals surface area contributed by atoms with Crippen molar-refractivity contribution in [2.45, 2.75) is 168 Å². The van der Waals surface area contributed by atoms with Crippen molar-refractivity contribution in [3.63, 3.8) is 0 Å². The topological polar surface area (TPSA) is 119 Å². The smallest absolute Gasteiger partial charge is 0.462 e. The van der Waals surface area contributed by atoms with Crippen molar-refractivity contribution in [2.24, 2.45) is 0 Å². The van der Waals surface area contributed by atoms with Crippen molar-refractivity contribution >= 4 is 19.8 Å². The first-order valence-electron chi connectivity index (χ1n) is 15.8. The molecule has 0 fully saturated rings. The van der Waals surface area contributed by atoms with Crippen molar-refractivity contribution in [1.82, 2.24) is 0 Å². The monoisotopic (exact) mass is 578 g/mol. The van der Waals surface area contributed by atoms with Crippen LogP contribution in [0.15, 0.2) is 0 Å². The molecule has 0 spiro atoms. The summed E-state index contributed by atoms with van der Waals surface area (Å²) in [5.74, 6) is -0.976. The number of esters is 2. The summed E-state index contributed by atoms with van der Waals surface area (Å²) in [6.45, 7) is 3.06. The second kappa shape index (κ2) is 27.2. The third kappa shape index (κ3) is 29.8. The van der Waals surface area contributed by atoms with Crippen molar-refractivity contribution in [1.29, 1.82) is 0 Å². The molecule has 2 N–H and O–H groups in total. The van der Waals surface area contributed by atoms with E-state index in [2.05, 4.69) is 11.4 Å². The third-order valence-electron chi connectivity index (χ3n) is 6.93. The van der Waals surface area contributed by atoms with Crippen molar-refractivity contribution in [2.75, 3.05) is 13.2 Å². The summed E-state index contributed by atoms with van der Waals surface area (Å²) in [6.07, 6.45) is 26.5. The van der Waals surface area contributed by atoms with E-state index in [0.717, 1.165) is 12.8 Å². The minimum absolute atomic E-state index is 0.152. The van der Waals surface area contributed by atoms with E-state index in [1.54, 1.807) is 6.92 Å². The molecule has 0 amide bonds. The first-order valence-corrected chi connectivity index (χ1v) is 17.4. The highest BCUT2D eigenvalue weighted by molar-refractivity contribution is 7.46. The average Bonchev–Trinajstić information content (AvgIpc) is 2.90. The second-order valence-electron chi connectivity index (χ2n) is 10.8. The molecule has 0 heterocycles. The second-order valence-corrected chi connectivity index (χ2v) is 12.0. The molecule has 0 radical (unpaired) electrons. The molecule has 8 nitrogen and oxygen atoms in total. The standard InChI is InChI=1S/C30H59O8P/c1-3-5-6-7-8-9-10-11-12-13-14-15-16-17-18-19-20-21-22-23-24-25-30(32)38-28(26-36-29(31)4-2)27-37-39(33,34)35/h28H,3-27H2,1-2H3,(H2,33,34,35). The van der Waals surface area contributed by atoms with E-state index in [1.165, 1.54) is 116 Å². The van der Waals surface area contributed by atoms with E-state index < -0.39 is 32.5 Å². The van der Waals surface area contributed by atoms with Gasteiger partial charge in [-0.15, -0.1) is 0 Å². The van der Waals surface area contributed by atoms with Gasteiger partial charge >= 0.3 is 19.8 Å². The Labute approximate surface area is 238 Å². The fourth-order valence-electron chi connectivity index (χ4n) is 4.53. The van der Waals surface area contributed by atoms with E-state index in [0.29, 0.717) is 6.42 Å². The Hall–Kier alpha value is -0.950. The molecule has 0 aromatic carbocycles. The van der Waals surface area contributed by atoms with E-state index in [-0.39, 0.29) is 19.4 Å². The highest BCUT2D eigenvalue weighted by Crippen LogP contribution is 2.35. The molecule has 0 saturated carbocycles. The largest absolute Gasteiger partial charge is 0.469 e. The van der Waals surface area contributed by atoms with Crippen LogP contribution in [0.5, 0.6) is 0 Å². The summed E-state index contributed by atoms with van der Waals surface area (Å²) in [5, 5.41) is 0. The van der Waals surface area contributed by atoms with Crippen LogP contribution in [0.2, 0.25) is 0 Å². The van der Waals surface area contributed by atoms with E-state index in [1.807, 2.05) is 0 Å². The Morgan fingerprint density at radius 1 is 0.590 bits per heavy atom. The Balaban J connectivity index is 3.55. The van der Waals surface area contributed by atoms with Gasteiger partial charge in [0, 0.05) is 12.8 Å². The van der Waals surface area contributed by atoms with Crippen molar-refractivity contribution in [3.05, 3.63) is 0 Å². The maximum atomic E-state index is 12.1. The number of phosphoric acid groups is 1. The quantitative estimate of drug-likeness (QED) is 0.0514. The van der Waals surface area contributed by atoms with Gasteiger partial charge in [0.1, 0.15) is 6.61 Å². The molecule has 9 heteroatoms. The van der Waals surface area contributed by atoms with Gasteiger partial charge in [0.15, 0.2) is 6.10 Å². The molecule has 0 bridgehead atoms. The molecule has 1 atom stereocenters. The fourth-order valence-corrected chi connectivity index (χ4v) is 4.89. The van der Waals surface area contributed by atoms with Crippen molar-refractivity contribution in [3.8, 4) is 0 Å². The van der Waals surface area contributed by atoms with E-state index in [9.17, 15) is 14.2 Å². The minimum Gasteiger partial charge on any atom is -0.462 e. The van der Waals surface area contributed by atoms with Crippen LogP contribution >= 0.6 is 7.82 Å². The van der Waals surface area contributed by atoms with E-state index in [4.69, 9.17) is 19.3 Å². The van der Waals surface area contributed by atoms with Crippen LogP contribution in [-0.2, 0) is 28.2 Å². The summed E-state index contributed by atoms with van der Waals surface area (Å²) in [7, 11) is -4.71. The van der Waals surface area contributed by atoms with Gasteiger partial charge in [-0.05, 0) is 6.42 Å². The summed E-state index contributed by atoms with van der Waals surface area (Å²) in [6, 6.07) is 0. The lowest BCUT2D eigenvalue weighted by Gasteiger charge is -2.18. The number of hydrogen-bond acceptors (Lipinski definition) is 6. The Morgan fingerprint density at radius 2 is 0.974 bits per heavy atom. The van der Waals surface area contributed by atoms with Gasteiger partial charge in [0.2, 0.25) is 0 Å². The van der Waals surface area contributed by atoms with Crippen LogP contribution in [0, 0.1) is 0 Å². The van der Waals surface area contributed by atoms with Gasteiger partial charge in [0.25, 0.3) is 0 Å². The van der Waals surface area contributed by atoms with Crippen LogP contribution < -0.4 is 0 Å². The Kier molecular flexibility index (Phi) is 26.6. The third-order valence-corrected chi connectivity index (χ3v) is 7.42. The molecular weight excluding hydrogens is 519 g/mol. The molecule has 0 saturated heterocycles. The molecule has 232 valence electrons. The fraction of sp³-hybridized carbons (Fsp3) is 0.933. The van der Waals surface area contributed by atoms with Crippen LogP contribution in [0.1, 0.15) is 162 Å². The number of unbranched alkanes of at least 4 members (excludes halogenated alkanes) is 20. The van der Waals surface area contributed by atoms with Crippen LogP contribution in [0.3, 0.4) is 0 Å². The summed E-state index contributed by atoms with van der Waals surface area (Å²) in [4.78, 5) is 41.1. The van der Waals surface area contributed by atoms with Gasteiger partial charge in [0.05, 0.1) is 6.61 Å². The van der Waals surface area contributed by atoms with E-state index >= 15 is 0 Å². The van der Waals surface area contributed by atoms with Gasteiger partial charge in [-0.25, -0.2) is 4.57 Å². The molecule has 0 aliphatic carbocycles. The zero-order chi connectivity index (χ0) is 29.0. The number of rotatable bonds is 29. The first-order chi connectivity index (χ1) is 18.8. The summed E-state index contributed by atoms with van der Waals surface area (Å²) >= 11 is 0. The highest BCUT2D eigenvalue weighted by atomic mass is 31.2. The van der Waals surface area contributed by atoms with Gasteiger partial charge in [-0.2, -0.15) is 0 Å². The average molecular weight is 579 g/mol. The number of carbonyl (C=O) groups excluding carboxylic acids is 2. The lowest BCUT2D eigenvalue weighted by atomic mass is 10.0. The van der Waals surface area contributed by atoms with Crippen LogP contribution in [-0.4, -0.2) is 41.0 Å². The Morgan fingerprint density at radius 3 is 1.33 bits per heavy atom. The number of ether oxygens (including phenoxy) is 2. The summed E-state index contributed by atoms with van der Waals surface area (Å²) < 4.78 is 25.4. The highest BCUT2D eigenvalue weighted by Gasteiger charge is 2.22. The predicted molar refractivity (Wildman–Crippen MR) is 156 cm³/mol. The van der Waals surface area contributed by atoms with Crippen LogP contribution in [0.4, 0.5) is 0 Å². The molecule has 0 rings (SSSR count). The van der Waals surface area contributed by atoms with Gasteiger partial charge in [-0.1, -0.05) is 142 Å². The molecule has 1 unspecified atom stereocenters. The number of phosphoric ester groups is 1. The molecular formula is C30H59O8P. The molecule has 0 aliphatic rings. The number of hydrogen-bond donors (Lipinski definition) is 2.